The van der Waals surface area contributed by atoms with Crippen molar-refractivity contribution in [3.63, 3.8) is 0 Å². The molecule has 0 unspecified atom stereocenters. The first kappa shape index (κ1) is 13.1. The Balaban J connectivity index is 1.99. The van der Waals surface area contributed by atoms with Gasteiger partial charge in [-0.05, 0) is 17.4 Å². The van der Waals surface area contributed by atoms with Crippen LogP contribution in [0.5, 0.6) is 0 Å². The zero-order chi connectivity index (χ0) is 13.5. The SMILES string of the molecule is CC(C)(C)C[C@H]1c2ccccc2[C@@H]2OCOO[C@H]1O2. The molecule has 2 aliphatic rings. The highest BCUT2D eigenvalue weighted by atomic mass is 17.3. The molecule has 0 spiro atoms. The van der Waals surface area contributed by atoms with E-state index in [1.54, 1.807) is 0 Å². The summed E-state index contributed by atoms with van der Waals surface area (Å²) < 4.78 is 11.4. The lowest BCUT2D eigenvalue weighted by atomic mass is 9.78. The van der Waals surface area contributed by atoms with E-state index in [2.05, 4.69) is 32.9 Å². The molecule has 0 aliphatic carbocycles. The molecule has 1 aromatic rings. The number of benzene rings is 1. The van der Waals surface area contributed by atoms with E-state index in [-0.39, 0.29) is 24.4 Å². The lowest BCUT2D eigenvalue weighted by Gasteiger charge is -2.37. The summed E-state index contributed by atoms with van der Waals surface area (Å²) in [7, 11) is 0. The van der Waals surface area contributed by atoms with Crippen LogP contribution >= 0.6 is 0 Å². The molecule has 1 fully saturated rings. The summed E-state index contributed by atoms with van der Waals surface area (Å²) in [6.45, 7) is 6.75. The van der Waals surface area contributed by atoms with E-state index in [0.717, 1.165) is 12.0 Å². The Labute approximate surface area is 113 Å². The van der Waals surface area contributed by atoms with Crippen molar-refractivity contribution in [1.82, 2.24) is 0 Å². The van der Waals surface area contributed by atoms with Crippen molar-refractivity contribution in [1.29, 1.82) is 0 Å². The minimum absolute atomic E-state index is 0.0950. The fourth-order valence-corrected chi connectivity index (χ4v) is 2.77. The second-order valence-corrected chi connectivity index (χ2v) is 6.34. The van der Waals surface area contributed by atoms with E-state index >= 15 is 0 Å². The maximum atomic E-state index is 5.86. The van der Waals surface area contributed by atoms with Gasteiger partial charge in [0.05, 0.1) is 0 Å². The number of hydrogen-bond acceptors (Lipinski definition) is 4. The van der Waals surface area contributed by atoms with Crippen molar-refractivity contribution < 1.29 is 19.2 Å². The first-order valence-corrected chi connectivity index (χ1v) is 6.69. The first-order valence-electron chi connectivity index (χ1n) is 6.69. The van der Waals surface area contributed by atoms with Crippen LogP contribution in [0.3, 0.4) is 0 Å². The predicted molar refractivity (Wildman–Crippen MR) is 69.0 cm³/mol. The third kappa shape index (κ3) is 2.67. The van der Waals surface area contributed by atoms with Crippen molar-refractivity contribution in [3.05, 3.63) is 35.4 Å². The van der Waals surface area contributed by atoms with Gasteiger partial charge in [-0.2, -0.15) is 0 Å². The molecule has 1 saturated heterocycles. The van der Waals surface area contributed by atoms with Crippen LogP contribution in [-0.2, 0) is 19.2 Å². The molecule has 3 rings (SSSR count). The molecular formula is C15H20O4. The van der Waals surface area contributed by atoms with Crippen LogP contribution < -0.4 is 0 Å². The van der Waals surface area contributed by atoms with Gasteiger partial charge in [0.15, 0.2) is 13.1 Å². The zero-order valence-electron chi connectivity index (χ0n) is 11.6. The summed E-state index contributed by atoms with van der Waals surface area (Å²) in [5.41, 5.74) is 2.51. The lowest BCUT2D eigenvalue weighted by Crippen LogP contribution is -2.33. The Kier molecular flexibility index (Phi) is 3.35. The fraction of sp³-hybridized carbons (Fsp3) is 0.600. The maximum absolute atomic E-state index is 5.86. The van der Waals surface area contributed by atoms with Crippen LogP contribution in [0.15, 0.2) is 24.3 Å². The van der Waals surface area contributed by atoms with Gasteiger partial charge in [-0.25, -0.2) is 9.78 Å². The van der Waals surface area contributed by atoms with Crippen molar-refractivity contribution in [3.8, 4) is 0 Å². The topological polar surface area (TPSA) is 36.9 Å². The molecule has 19 heavy (non-hydrogen) atoms. The second-order valence-electron chi connectivity index (χ2n) is 6.34. The van der Waals surface area contributed by atoms with Gasteiger partial charge in [0, 0.05) is 11.5 Å². The quantitative estimate of drug-likeness (QED) is 0.727. The largest absolute Gasteiger partial charge is 0.319 e. The average Bonchev–Trinajstić information content (AvgIpc) is 2.57. The molecule has 3 atom stereocenters. The number of fused-ring (bicyclic) bond motifs is 4. The van der Waals surface area contributed by atoms with Gasteiger partial charge in [0.2, 0.25) is 6.29 Å². The molecule has 0 aromatic heterocycles. The highest BCUT2D eigenvalue weighted by Crippen LogP contribution is 2.45. The highest BCUT2D eigenvalue weighted by Gasteiger charge is 2.40. The molecule has 4 heteroatoms. The minimum atomic E-state index is -0.401. The van der Waals surface area contributed by atoms with Crippen molar-refractivity contribution >= 4 is 0 Å². The van der Waals surface area contributed by atoms with Gasteiger partial charge >= 0.3 is 0 Å². The molecule has 2 heterocycles. The van der Waals surface area contributed by atoms with Crippen LogP contribution in [0.1, 0.15) is 50.5 Å². The van der Waals surface area contributed by atoms with Crippen LogP contribution in [0.25, 0.3) is 0 Å². The van der Waals surface area contributed by atoms with Crippen LogP contribution in [0, 0.1) is 5.41 Å². The Hall–Kier alpha value is -0.940. The molecule has 2 bridgehead atoms. The molecule has 1 aromatic carbocycles. The summed E-state index contributed by atoms with van der Waals surface area (Å²) >= 11 is 0. The third-order valence-corrected chi connectivity index (χ3v) is 3.50. The van der Waals surface area contributed by atoms with E-state index in [0.29, 0.717) is 0 Å². The Morgan fingerprint density at radius 3 is 2.63 bits per heavy atom. The van der Waals surface area contributed by atoms with E-state index < -0.39 is 6.29 Å². The zero-order valence-corrected chi connectivity index (χ0v) is 11.6. The molecule has 4 nitrogen and oxygen atoms in total. The molecule has 0 radical (unpaired) electrons. The van der Waals surface area contributed by atoms with Crippen molar-refractivity contribution in [2.45, 2.75) is 45.7 Å². The van der Waals surface area contributed by atoms with Crippen LogP contribution in [0.2, 0.25) is 0 Å². The Morgan fingerprint density at radius 2 is 1.89 bits per heavy atom. The van der Waals surface area contributed by atoms with Crippen LogP contribution in [-0.4, -0.2) is 13.1 Å². The van der Waals surface area contributed by atoms with Gasteiger partial charge < -0.3 is 9.47 Å². The summed E-state index contributed by atoms with van der Waals surface area (Å²) in [5, 5.41) is 0. The van der Waals surface area contributed by atoms with Gasteiger partial charge in [-0.1, -0.05) is 45.0 Å². The monoisotopic (exact) mass is 264 g/mol. The van der Waals surface area contributed by atoms with Gasteiger partial charge in [0.25, 0.3) is 0 Å². The smallest absolute Gasteiger partial charge is 0.201 e. The second kappa shape index (κ2) is 4.87. The Bertz CT molecular complexity index is 452. The third-order valence-electron chi connectivity index (χ3n) is 3.50. The lowest BCUT2D eigenvalue weighted by molar-refractivity contribution is -0.378. The molecule has 0 saturated carbocycles. The van der Waals surface area contributed by atoms with Gasteiger partial charge in [-0.3, -0.25) is 0 Å². The molecule has 0 amide bonds. The van der Waals surface area contributed by atoms with E-state index in [9.17, 15) is 0 Å². The van der Waals surface area contributed by atoms with E-state index in [1.165, 1.54) is 5.56 Å². The Morgan fingerprint density at radius 1 is 1.16 bits per heavy atom. The van der Waals surface area contributed by atoms with Crippen molar-refractivity contribution in [2.24, 2.45) is 5.41 Å². The highest BCUT2D eigenvalue weighted by molar-refractivity contribution is 5.34. The maximum Gasteiger partial charge on any atom is 0.201 e. The number of rotatable bonds is 1. The molecule has 104 valence electrons. The predicted octanol–water partition coefficient (Wildman–Crippen LogP) is 3.50. The average molecular weight is 264 g/mol. The summed E-state index contributed by atoms with van der Waals surface area (Å²) in [6.07, 6.45) is 0.173. The normalized spacial score (nSPS) is 30.6. The first-order chi connectivity index (χ1) is 9.04. The summed E-state index contributed by atoms with van der Waals surface area (Å²) in [5.74, 6) is 0.161. The molecule has 0 N–H and O–H groups in total. The number of hydrogen-bond donors (Lipinski definition) is 0. The molecular weight excluding hydrogens is 244 g/mol. The fourth-order valence-electron chi connectivity index (χ4n) is 2.77. The van der Waals surface area contributed by atoms with Gasteiger partial charge in [0.1, 0.15) is 0 Å². The van der Waals surface area contributed by atoms with Crippen molar-refractivity contribution in [2.75, 3.05) is 6.79 Å². The standard InChI is InChI=1S/C15H20O4/c1-15(2,3)8-12-10-6-4-5-7-11(10)13-16-9-17-19-14(12)18-13/h4-7,12-14H,8-9H2,1-3H3/t12-,13+,14+/m0/s1. The minimum Gasteiger partial charge on any atom is -0.319 e. The summed E-state index contributed by atoms with van der Waals surface area (Å²) in [6, 6.07) is 8.24. The number of ether oxygens (including phenoxy) is 2. The van der Waals surface area contributed by atoms with E-state index in [4.69, 9.17) is 19.2 Å². The molecule has 2 aliphatic heterocycles. The van der Waals surface area contributed by atoms with Gasteiger partial charge in [-0.15, -0.1) is 0 Å². The van der Waals surface area contributed by atoms with Crippen LogP contribution in [0.4, 0.5) is 0 Å². The summed E-state index contributed by atoms with van der Waals surface area (Å²) in [4.78, 5) is 10.4. The van der Waals surface area contributed by atoms with E-state index in [1.807, 2.05) is 12.1 Å².